The Morgan fingerprint density at radius 3 is 2.57 bits per heavy atom. The molecule has 3 heterocycles. The number of hydrogen-bond donors (Lipinski definition) is 3. The van der Waals surface area contributed by atoms with Crippen LogP contribution in [0.4, 0.5) is 24.5 Å². The normalized spacial score (nSPS) is 19.2. The lowest BCUT2D eigenvalue weighted by Gasteiger charge is -2.28. The molecular formula is C33H35F3N4O4. The van der Waals surface area contributed by atoms with E-state index in [9.17, 15) is 23.2 Å². The van der Waals surface area contributed by atoms with Gasteiger partial charge in [-0.2, -0.15) is 8.78 Å². The van der Waals surface area contributed by atoms with Crippen LogP contribution in [0.25, 0.3) is 0 Å². The number of alkyl halides is 2. The third kappa shape index (κ3) is 6.82. The fourth-order valence-corrected chi connectivity index (χ4v) is 5.89. The van der Waals surface area contributed by atoms with Gasteiger partial charge >= 0.3 is 6.61 Å². The molecule has 6 rings (SSSR count). The van der Waals surface area contributed by atoms with Crippen LogP contribution >= 0.6 is 0 Å². The standard InChI is InChI=1S/C33H35F3N4O4/c1-18-6-4-5-7-29(41)38-23-9-11-28(44-33(35)36)22(13-23)17-40(3)32(43)30(20-8-10-24(18)19(2)12-20)39-27-15-25-21(14-26(27)34)16-37-31(25)42/h8-15,18,30,33,39H,4-7,16-17H2,1-3H3,(H,37,42)(H,38,41)/t18-,30+/m0/s1. The summed E-state index contributed by atoms with van der Waals surface area (Å²) in [6.45, 7) is 1.04. The molecule has 4 bridgehead atoms. The number of aryl methyl sites for hydroxylation is 1. The molecule has 2 atom stereocenters. The number of ether oxygens (including phenoxy) is 1. The van der Waals surface area contributed by atoms with Crippen molar-refractivity contribution in [2.75, 3.05) is 17.7 Å². The maximum atomic E-state index is 15.3. The molecule has 3 aliphatic heterocycles. The zero-order valence-corrected chi connectivity index (χ0v) is 24.8. The quantitative estimate of drug-likeness (QED) is 0.318. The number of nitrogens with zero attached hydrogens (tertiary/aromatic N) is 1. The van der Waals surface area contributed by atoms with Crippen LogP contribution in [-0.4, -0.2) is 36.3 Å². The van der Waals surface area contributed by atoms with Gasteiger partial charge in [-0.3, -0.25) is 14.4 Å². The van der Waals surface area contributed by atoms with Gasteiger partial charge in [0, 0.05) is 43.4 Å². The van der Waals surface area contributed by atoms with Crippen molar-refractivity contribution < 1.29 is 32.3 Å². The Balaban J connectivity index is 1.56. The maximum Gasteiger partial charge on any atom is 0.387 e. The van der Waals surface area contributed by atoms with Crippen LogP contribution < -0.4 is 20.7 Å². The van der Waals surface area contributed by atoms with Gasteiger partial charge in [-0.05, 0) is 78.3 Å². The number of carbonyl (C=O) groups is 3. The van der Waals surface area contributed by atoms with E-state index in [4.69, 9.17) is 4.74 Å². The molecular weight excluding hydrogens is 573 g/mol. The highest BCUT2D eigenvalue weighted by Gasteiger charge is 2.29. The molecule has 0 saturated heterocycles. The zero-order valence-electron chi connectivity index (χ0n) is 24.8. The Kier molecular flexibility index (Phi) is 9.12. The second kappa shape index (κ2) is 13.0. The highest BCUT2D eigenvalue weighted by atomic mass is 19.3. The molecule has 44 heavy (non-hydrogen) atoms. The molecule has 0 spiro atoms. The molecule has 0 unspecified atom stereocenters. The molecule has 3 N–H and O–H groups in total. The minimum atomic E-state index is -3.10. The molecule has 3 aromatic carbocycles. The Bertz CT molecular complexity index is 1600. The zero-order chi connectivity index (χ0) is 31.5. The number of benzene rings is 3. The van der Waals surface area contributed by atoms with Gasteiger partial charge in [0.2, 0.25) is 11.8 Å². The number of likely N-dealkylation sites (N-methyl/N-ethyl adjacent to an activating group) is 1. The molecule has 3 aromatic rings. The van der Waals surface area contributed by atoms with Crippen LogP contribution in [0.3, 0.4) is 0 Å². The molecule has 11 heteroatoms. The minimum Gasteiger partial charge on any atom is -0.434 e. The summed E-state index contributed by atoms with van der Waals surface area (Å²) in [6.07, 6.45) is 2.66. The van der Waals surface area contributed by atoms with Crippen LogP contribution in [0.2, 0.25) is 0 Å². The fraction of sp³-hybridized carbons (Fsp3) is 0.364. The Labute approximate surface area is 254 Å². The monoisotopic (exact) mass is 608 g/mol. The van der Waals surface area contributed by atoms with Gasteiger partial charge in [0.25, 0.3) is 5.91 Å². The van der Waals surface area contributed by atoms with Crippen LogP contribution in [0.5, 0.6) is 5.75 Å². The molecule has 8 nitrogen and oxygen atoms in total. The molecule has 3 aliphatic rings. The second-order valence-corrected chi connectivity index (χ2v) is 11.5. The van der Waals surface area contributed by atoms with Gasteiger partial charge in [-0.15, -0.1) is 0 Å². The van der Waals surface area contributed by atoms with Gasteiger partial charge in [0.05, 0.1) is 5.69 Å². The van der Waals surface area contributed by atoms with Crippen LogP contribution in [-0.2, 0) is 22.7 Å². The van der Waals surface area contributed by atoms with E-state index in [0.29, 0.717) is 35.2 Å². The number of halogens is 3. The molecule has 0 radical (unpaired) electrons. The molecule has 0 aliphatic carbocycles. The SMILES string of the molecule is Cc1cc2ccc1[C@@H](C)CCCCC(=O)Nc1ccc(OC(F)F)c(c1)CN(C)C(=O)[C@@H]2Nc1cc2c(cc1F)CNC2=O. The lowest BCUT2D eigenvalue weighted by atomic mass is 9.89. The molecule has 0 saturated carbocycles. The topological polar surface area (TPSA) is 99.8 Å². The number of rotatable bonds is 4. The summed E-state index contributed by atoms with van der Waals surface area (Å²) in [5.41, 5.74) is 4.09. The number of hydrogen-bond acceptors (Lipinski definition) is 5. The summed E-state index contributed by atoms with van der Waals surface area (Å²) in [7, 11) is 1.50. The van der Waals surface area contributed by atoms with Crippen molar-refractivity contribution >= 4 is 29.1 Å². The Morgan fingerprint density at radius 2 is 1.82 bits per heavy atom. The van der Waals surface area contributed by atoms with Gasteiger partial charge in [-0.25, -0.2) is 4.39 Å². The first-order valence-electron chi connectivity index (χ1n) is 14.6. The highest BCUT2D eigenvalue weighted by Crippen LogP contribution is 2.33. The van der Waals surface area contributed by atoms with Crippen molar-refractivity contribution in [3.05, 3.63) is 87.7 Å². The Hall–Kier alpha value is -4.54. The molecule has 0 aromatic heterocycles. The lowest BCUT2D eigenvalue weighted by molar-refractivity contribution is -0.131. The predicted molar refractivity (Wildman–Crippen MR) is 160 cm³/mol. The molecule has 3 amide bonds. The smallest absolute Gasteiger partial charge is 0.387 e. The summed E-state index contributed by atoms with van der Waals surface area (Å²) < 4.78 is 46.5. The summed E-state index contributed by atoms with van der Waals surface area (Å²) in [6, 6.07) is 11.6. The van der Waals surface area contributed by atoms with E-state index in [1.165, 1.54) is 42.3 Å². The van der Waals surface area contributed by atoms with Crippen LogP contribution in [0, 0.1) is 12.7 Å². The third-order valence-electron chi connectivity index (χ3n) is 8.22. The van der Waals surface area contributed by atoms with Gasteiger partial charge in [-0.1, -0.05) is 31.5 Å². The van der Waals surface area contributed by atoms with E-state index in [2.05, 4.69) is 22.9 Å². The summed E-state index contributed by atoms with van der Waals surface area (Å²) in [5.74, 6) is -1.56. The number of amides is 3. The van der Waals surface area contributed by atoms with E-state index in [1.54, 1.807) is 0 Å². The van der Waals surface area contributed by atoms with Crippen LogP contribution in [0.15, 0.2) is 48.5 Å². The van der Waals surface area contributed by atoms with Gasteiger partial charge in [0.1, 0.15) is 17.6 Å². The third-order valence-corrected chi connectivity index (χ3v) is 8.22. The van der Waals surface area contributed by atoms with E-state index < -0.39 is 24.4 Å². The van der Waals surface area contributed by atoms with Crippen molar-refractivity contribution in [2.45, 2.75) is 71.2 Å². The summed E-state index contributed by atoms with van der Waals surface area (Å²) in [5, 5.41) is 8.49. The fourth-order valence-electron chi connectivity index (χ4n) is 5.89. The summed E-state index contributed by atoms with van der Waals surface area (Å²) >= 11 is 0. The van der Waals surface area contributed by atoms with E-state index in [1.807, 2.05) is 25.1 Å². The maximum absolute atomic E-state index is 15.3. The number of fused-ring (bicyclic) bond motifs is 12. The number of carbonyl (C=O) groups excluding carboxylic acids is 3. The van der Waals surface area contributed by atoms with Gasteiger partial charge in [0.15, 0.2) is 0 Å². The first-order valence-corrected chi connectivity index (χ1v) is 14.6. The van der Waals surface area contributed by atoms with E-state index >= 15 is 4.39 Å². The van der Waals surface area contributed by atoms with Crippen molar-refractivity contribution in [3.63, 3.8) is 0 Å². The summed E-state index contributed by atoms with van der Waals surface area (Å²) in [4.78, 5) is 40.4. The molecule has 0 fully saturated rings. The van der Waals surface area contributed by atoms with E-state index in [0.717, 1.165) is 24.0 Å². The van der Waals surface area contributed by atoms with Crippen molar-refractivity contribution in [2.24, 2.45) is 0 Å². The molecule has 232 valence electrons. The largest absolute Gasteiger partial charge is 0.434 e. The number of anilines is 2. The average molecular weight is 609 g/mol. The minimum absolute atomic E-state index is 0.0174. The van der Waals surface area contributed by atoms with Crippen molar-refractivity contribution in [1.29, 1.82) is 0 Å². The van der Waals surface area contributed by atoms with Crippen LogP contribution in [0.1, 0.15) is 82.7 Å². The van der Waals surface area contributed by atoms with E-state index in [-0.39, 0.29) is 47.8 Å². The Morgan fingerprint density at radius 1 is 1.02 bits per heavy atom. The van der Waals surface area contributed by atoms with Crippen molar-refractivity contribution in [3.8, 4) is 5.75 Å². The van der Waals surface area contributed by atoms with Gasteiger partial charge < -0.3 is 25.6 Å². The average Bonchev–Trinajstić information content (AvgIpc) is 3.32. The highest BCUT2D eigenvalue weighted by molar-refractivity contribution is 5.99. The predicted octanol–water partition coefficient (Wildman–Crippen LogP) is 6.41. The lowest BCUT2D eigenvalue weighted by Crippen LogP contribution is -2.35. The second-order valence-electron chi connectivity index (χ2n) is 11.5. The first kappa shape index (κ1) is 30.9. The van der Waals surface area contributed by atoms with Crippen molar-refractivity contribution in [1.82, 2.24) is 10.2 Å². The number of nitrogens with one attached hydrogen (secondary N) is 3. The first-order chi connectivity index (χ1) is 21.0.